The lowest BCUT2D eigenvalue weighted by molar-refractivity contribution is 0.946. The summed E-state index contributed by atoms with van der Waals surface area (Å²) >= 11 is 0. The molecular weight excluding hydrogens is 106 g/mol. The van der Waals surface area contributed by atoms with Gasteiger partial charge in [-0.25, -0.2) is 0 Å². The minimum atomic E-state index is -0.0714. The maximum Gasteiger partial charge on any atom is 0.0800 e. The first kappa shape index (κ1) is 4.51. The topological polar surface area (TPSA) is 41.6 Å². The van der Waals surface area contributed by atoms with Gasteiger partial charge in [-0.3, -0.25) is 5.10 Å². The Kier molecular flexibility index (Phi) is 1.21. The molecule has 0 aliphatic heterocycles. The van der Waals surface area contributed by atoms with E-state index < -0.39 is 0 Å². The lowest BCUT2D eigenvalue weighted by Crippen LogP contribution is -2.10. The Labute approximate surface area is 44.0 Å². The van der Waals surface area contributed by atoms with Crippen molar-refractivity contribution in [3.8, 4) is 0 Å². The second-order valence-corrected chi connectivity index (χ2v) is 2.75. The normalized spacial score (nSPS) is 11.0. The molecule has 3 nitrogen and oxygen atoms in total. The van der Waals surface area contributed by atoms with Crippen molar-refractivity contribution in [1.82, 2.24) is 15.4 Å². The number of aromatic nitrogens is 3. The smallest absolute Gasteiger partial charge is 0.0800 e. The first-order valence-electron chi connectivity index (χ1n) is 2.29. The Bertz CT molecular complexity index is 125. The summed E-state index contributed by atoms with van der Waals surface area (Å²) in [6.07, 6.45) is 1.85. The molecule has 0 aromatic carbocycles. The van der Waals surface area contributed by atoms with Gasteiger partial charge in [-0.2, -0.15) is 0 Å². The fourth-order valence-corrected chi connectivity index (χ4v) is 0.906. The Morgan fingerprint density at radius 2 is 2.71 bits per heavy atom. The van der Waals surface area contributed by atoms with E-state index >= 15 is 0 Å². The Balaban J connectivity index is 2.76. The van der Waals surface area contributed by atoms with E-state index in [1.54, 1.807) is 0 Å². The summed E-state index contributed by atoms with van der Waals surface area (Å²) in [5, 5.41) is 11.2. The molecule has 1 aromatic rings. The molecule has 0 fully saturated rings. The lowest BCUT2D eigenvalue weighted by Gasteiger charge is -1.73. The van der Waals surface area contributed by atoms with Crippen molar-refractivity contribution in [3.63, 3.8) is 0 Å². The van der Waals surface area contributed by atoms with Gasteiger partial charge in [0.15, 0.2) is 0 Å². The van der Waals surface area contributed by atoms with Crippen LogP contribution >= 0.6 is 0 Å². The highest BCUT2D eigenvalue weighted by molar-refractivity contribution is 6.50. The minimum absolute atomic E-state index is 0.0714. The highest BCUT2D eigenvalue weighted by Gasteiger charge is 1.85. The van der Waals surface area contributed by atoms with Crippen LogP contribution in [0.3, 0.4) is 0 Å². The number of rotatable bonds is 1. The van der Waals surface area contributed by atoms with E-state index in [0.29, 0.717) is 0 Å². The molecular formula is C3H7N3Si. The van der Waals surface area contributed by atoms with Crippen LogP contribution in [-0.2, 0) is 0 Å². The van der Waals surface area contributed by atoms with Crippen molar-refractivity contribution >= 4 is 14.8 Å². The largest absolute Gasteiger partial charge is 0.266 e. The molecule has 0 saturated carbocycles. The van der Waals surface area contributed by atoms with Crippen molar-refractivity contribution in [2.45, 2.75) is 6.55 Å². The zero-order chi connectivity index (χ0) is 5.11. The second kappa shape index (κ2) is 1.88. The fraction of sp³-hybridized carbons (Fsp3) is 0.333. The molecule has 0 bridgehead atoms. The molecule has 0 aliphatic rings. The maximum absolute atomic E-state index is 3.79. The predicted octanol–water partition coefficient (Wildman–Crippen LogP) is -1.35. The average Bonchev–Trinajstić information content (AvgIpc) is 2.14. The molecule has 0 aliphatic carbocycles. The van der Waals surface area contributed by atoms with E-state index in [4.69, 9.17) is 0 Å². The molecule has 7 heavy (non-hydrogen) atoms. The zero-order valence-electron chi connectivity index (χ0n) is 4.18. The van der Waals surface area contributed by atoms with E-state index in [1.807, 2.05) is 6.20 Å². The van der Waals surface area contributed by atoms with Crippen LogP contribution in [0.1, 0.15) is 0 Å². The van der Waals surface area contributed by atoms with Crippen LogP contribution in [-0.4, -0.2) is 24.9 Å². The highest BCUT2D eigenvalue weighted by atomic mass is 28.2. The summed E-state index contributed by atoms with van der Waals surface area (Å²) < 4.78 is 0. The first-order chi connectivity index (χ1) is 3.43. The minimum Gasteiger partial charge on any atom is -0.266 e. The summed E-state index contributed by atoms with van der Waals surface area (Å²) in [5.74, 6) is 0. The average molecular weight is 113 g/mol. The molecule has 0 atom stereocenters. The van der Waals surface area contributed by atoms with E-state index in [1.165, 1.54) is 0 Å². The van der Waals surface area contributed by atoms with Crippen molar-refractivity contribution in [2.24, 2.45) is 0 Å². The zero-order valence-corrected chi connectivity index (χ0v) is 5.59. The number of nitrogens with zero attached hydrogens (tertiary/aromatic N) is 2. The van der Waals surface area contributed by atoms with Crippen molar-refractivity contribution in [2.75, 3.05) is 0 Å². The molecule has 0 amide bonds. The molecule has 0 spiro atoms. The molecule has 1 N–H and O–H groups in total. The summed E-state index contributed by atoms with van der Waals surface area (Å²) in [6, 6.07) is 0. The number of aromatic amines is 1. The van der Waals surface area contributed by atoms with E-state index in [-0.39, 0.29) is 9.52 Å². The summed E-state index contributed by atoms with van der Waals surface area (Å²) in [4.78, 5) is 0. The van der Waals surface area contributed by atoms with Gasteiger partial charge >= 0.3 is 0 Å². The molecule has 0 radical (unpaired) electrons. The van der Waals surface area contributed by atoms with E-state index in [2.05, 4.69) is 22.0 Å². The lowest BCUT2D eigenvalue weighted by atomic mass is 10.9. The third-order valence-electron chi connectivity index (χ3n) is 0.830. The Hall–Kier alpha value is -0.643. The van der Waals surface area contributed by atoms with Crippen molar-refractivity contribution < 1.29 is 0 Å². The Morgan fingerprint density at radius 1 is 1.86 bits per heavy atom. The van der Waals surface area contributed by atoms with Crippen LogP contribution in [0, 0.1) is 0 Å². The van der Waals surface area contributed by atoms with Crippen LogP contribution in [0.2, 0.25) is 6.55 Å². The molecule has 1 heterocycles. The van der Waals surface area contributed by atoms with Crippen LogP contribution in [0.4, 0.5) is 0 Å². The maximum atomic E-state index is 3.79. The van der Waals surface area contributed by atoms with Gasteiger partial charge in [-0.1, -0.05) is 11.8 Å². The quantitative estimate of drug-likeness (QED) is 0.457. The van der Waals surface area contributed by atoms with Crippen LogP contribution in [0.25, 0.3) is 0 Å². The first-order valence-corrected chi connectivity index (χ1v) is 4.41. The second-order valence-electron chi connectivity index (χ2n) is 1.32. The van der Waals surface area contributed by atoms with Gasteiger partial charge in [-0.15, -0.1) is 5.10 Å². The predicted molar refractivity (Wildman–Crippen MR) is 30.4 cm³/mol. The third kappa shape index (κ3) is 0.864. The van der Waals surface area contributed by atoms with Gasteiger partial charge in [0.1, 0.15) is 0 Å². The monoisotopic (exact) mass is 113 g/mol. The molecule has 0 unspecified atom stereocenters. The number of hydrogen-bond acceptors (Lipinski definition) is 2. The van der Waals surface area contributed by atoms with Gasteiger partial charge in [0, 0.05) is 6.20 Å². The van der Waals surface area contributed by atoms with Crippen LogP contribution < -0.4 is 5.32 Å². The number of nitrogens with one attached hydrogen (secondary N) is 1. The van der Waals surface area contributed by atoms with Gasteiger partial charge in [-0.05, 0) is 0 Å². The molecule has 38 valence electrons. The summed E-state index contributed by atoms with van der Waals surface area (Å²) in [7, 11) is -0.0714. The summed E-state index contributed by atoms with van der Waals surface area (Å²) in [5.41, 5.74) is 0. The standard InChI is InChI=1S/C3H7N3Si/c1-7-3-2-4-6-5-3/h2H,7H2,1H3,(H,4,5,6). The SMILES string of the molecule is C[SiH2]c1c[nH]nn1. The van der Waals surface area contributed by atoms with Crippen molar-refractivity contribution in [3.05, 3.63) is 6.20 Å². The highest BCUT2D eigenvalue weighted by Crippen LogP contribution is 1.59. The van der Waals surface area contributed by atoms with Gasteiger partial charge in [0.2, 0.25) is 0 Å². The third-order valence-corrected chi connectivity index (χ3v) is 1.90. The van der Waals surface area contributed by atoms with E-state index in [9.17, 15) is 0 Å². The van der Waals surface area contributed by atoms with Gasteiger partial charge < -0.3 is 0 Å². The molecule has 4 heteroatoms. The molecule has 0 saturated heterocycles. The van der Waals surface area contributed by atoms with Crippen molar-refractivity contribution in [1.29, 1.82) is 0 Å². The van der Waals surface area contributed by atoms with E-state index in [0.717, 1.165) is 5.32 Å². The fourth-order valence-electron chi connectivity index (χ4n) is 0.398. The van der Waals surface area contributed by atoms with Crippen LogP contribution in [0.15, 0.2) is 6.20 Å². The Morgan fingerprint density at radius 3 is 3.00 bits per heavy atom. The molecule has 1 aromatic heterocycles. The number of H-pyrrole nitrogens is 1. The van der Waals surface area contributed by atoms with Crippen LogP contribution in [0.5, 0.6) is 0 Å². The van der Waals surface area contributed by atoms with Gasteiger partial charge in [0.05, 0.1) is 14.8 Å². The van der Waals surface area contributed by atoms with Gasteiger partial charge in [0.25, 0.3) is 0 Å². The number of hydrogen-bond donors (Lipinski definition) is 1. The summed E-state index contributed by atoms with van der Waals surface area (Å²) in [6.45, 7) is 2.18. The molecule has 1 rings (SSSR count).